The molecule has 3 nitrogen and oxygen atoms in total. The maximum atomic E-state index is 6.04. The third-order valence-electron chi connectivity index (χ3n) is 2.95. The first-order valence-corrected chi connectivity index (χ1v) is 7.11. The van der Waals surface area contributed by atoms with Crippen LogP contribution in [-0.2, 0) is 0 Å². The molecule has 0 radical (unpaired) electrons. The van der Waals surface area contributed by atoms with Gasteiger partial charge in [0, 0.05) is 28.4 Å². The van der Waals surface area contributed by atoms with E-state index in [0.717, 1.165) is 29.2 Å². The van der Waals surface area contributed by atoms with Gasteiger partial charge in [0.25, 0.3) is 0 Å². The summed E-state index contributed by atoms with van der Waals surface area (Å²) in [6.45, 7) is 6.54. The van der Waals surface area contributed by atoms with E-state index in [4.69, 9.17) is 11.6 Å². The molecule has 1 aliphatic heterocycles. The number of anilines is 1. The standard InChI is InChI=1S/C16H18ClN3/c1-4-5-6-11(2)19-16-10-18-12(3)14-9-13(17)7-8-15(14)20-16/h7-9,11H,4,10H2,1-3H3,(H,19,20). The predicted octanol–water partition coefficient (Wildman–Crippen LogP) is 3.77. The molecule has 20 heavy (non-hydrogen) atoms. The molecule has 1 heterocycles. The molecular formula is C16H18ClN3. The lowest BCUT2D eigenvalue weighted by Crippen LogP contribution is -2.17. The SMILES string of the molecule is CCC#CC(C)N=C1CN=C(C)c2cc(Cl)ccc2N1. The van der Waals surface area contributed by atoms with Gasteiger partial charge in [-0.2, -0.15) is 0 Å². The molecule has 1 aliphatic rings. The third-order valence-corrected chi connectivity index (χ3v) is 3.19. The Kier molecular flexibility index (Phi) is 4.81. The Morgan fingerprint density at radius 3 is 3.05 bits per heavy atom. The summed E-state index contributed by atoms with van der Waals surface area (Å²) in [5.41, 5.74) is 2.98. The van der Waals surface area contributed by atoms with Crippen LogP contribution in [-0.4, -0.2) is 24.1 Å². The summed E-state index contributed by atoms with van der Waals surface area (Å²) in [7, 11) is 0. The van der Waals surface area contributed by atoms with Gasteiger partial charge in [-0.3, -0.25) is 9.98 Å². The highest BCUT2D eigenvalue weighted by Gasteiger charge is 2.13. The minimum absolute atomic E-state index is 0.0261. The molecule has 1 N–H and O–H groups in total. The molecule has 0 saturated carbocycles. The maximum Gasteiger partial charge on any atom is 0.124 e. The van der Waals surface area contributed by atoms with E-state index in [1.165, 1.54) is 0 Å². The first-order valence-electron chi connectivity index (χ1n) is 6.73. The second-order valence-electron chi connectivity index (χ2n) is 4.64. The minimum Gasteiger partial charge on any atom is -0.342 e. The first-order chi connectivity index (χ1) is 9.60. The van der Waals surface area contributed by atoms with Crippen molar-refractivity contribution >= 4 is 28.8 Å². The molecule has 0 aromatic heterocycles. The lowest BCUT2D eigenvalue weighted by molar-refractivity contribution is 0.948. The zero-order valence-electron chi connectivity index (χ0n) is 12.0. The number of benzene rings is 1. The summed E-state index contributed by atoms with van der Waals surface area (Å²) in [4.78, 5) is 9.12. The average molecular weight is 288 g/mol. The van der Waals surface area contributed by atoms with E-state index in [9.17, 15) is 0 Å². The Balaban J connectivity index is 2.30. The number of rotatable bonds is 1. The number of halogens is 1. The second kappa shape index (κ2) is 6.58. The van der Waals surface area contributed by atoms with E-state index in [1.807, 2.05) is 39.0 Å². The van der Waals surface area contributed by atoms with Gasteiger partial charge in [-0.15, -0.1) is 5.92 Å². The van der Waals surface area contributed by atoms with Crippen molar-refractivity contribution in [2.24, 2.45) is 9.98 Å². The van der Waals surface area contributed by atoms with Gasteiger partial charge in [-0.25, -0.2) is 0 Å². The molecule has 1 unspecified atom stereocenters. The van der Waals surface area contributed by atoms with Crippen LogP contribution in [0.5, 0.6) is 0 Å². The summed E-state index contributed by atoms with van der Waals surface area (Å²) in [5.74, 6) is 6.98. The van der Waals surface area contributed by atoms with Crippen molar-refractivity contribution in [1.29, 1.82) is 0 Å². The van der Waals surface area contributed by atoms with Crippen molar-refractivity contribution in [3.05, 3.63) is 28.8 Å². The van der Waals surface area contributed by atoms with E-state index in [-0.39, 0.29) is 6.04 Å². The molecule has 0 saturated heterocycles. The molecular weight excluding hydrogens is 270 g/mol. The predicted molar refractivity (Wildman–Crippen MR) is 87.1 cm³/mol. The highest BCUT2D eigenvalue weighted by Crippen LogP contribution is 2.23. The zero-order chi connectivity index (χ0) is 14.5. The van der Waals surface area contributed by atoms with E-state index in [1.54, 1.807) is 0 Å². The number of fused-ring (bicyclic) bond motifs is 1. The van der Waals surface area contributed by atoms with E-state index in [0.29, 0.717) is 11.6 Å². The molecule has 0 spiro atoms. The molecule has 4 heteroatoms. The van der Waals surface area contributed by atoms with Gasteiger partial charge in [0.1, 0.15) is 11.9 Å². The van der Waals surface area contributed by atoms with Crippen LogP contribution in [0.1, 0.15) is 32.8 Å². The van der Waals surface area contributed by atoms with Gasteiger partial charge in [0.15, 0.2) is 0 Å². The highest BCUT2D eigenvalue weighted by atomic mass is 35.5. The van der Waals surface area contributed by atoms with Crippen molar-refractivity contribution in [2.45, 2.75) is 33.2 Å². The number of hydrogen-bond acceptors (Lipinski definition) is 2. The van der Waals surface area contributed by atoms with Crippen LogP contribution in [0, 0.1) is 11.8 Å². The molecule has 0 aliphatic carbocycles. The van der Waals surface area contributed by atoms with Gasteiger partial charge in [0.2, 0.25) is 0 Å². The number of nitrogens with one attached hydrogen (secondary N) is 1. The van der Waals surface area contributed by atoms with Gasteiger partial charge < -0.3 is 5.32 Å². The van der Waals surface area contributed by atoms with Gasteiger partial charge in [-0.05, 0) is 32.0 Å². The van der Waals surface area contributed by atoms with E-state index >= 15 is 0 Å². The summed E-state index contributed by atoms with van der Waals surface area (Å²) in [6.07, 6.45) is 0.848. The Morgan fingerprint density at radius 1 is 1.50 bits per heavy atom. The monoisotopic (exact) mass is 287 g/mol. The first kappa shape index (κ1) is 14.6. The smallest absolute Gasteiger partial charge is 0.124 e. The minimum atomic E-state index is -0.0261. The van der Waals surface area contributed by atoms with E-state index < -0.39 is 0 Å². The van der Waals surface area contributed by atoms with E-state index in [2.05, 4.69) is 27.1 Å². The molecule has 0 amide bonds. The number of aliphatic imine (C=N–C) groups is 2. The van der Waals surface area contributed by atoms with Crippen LogP contribution in [0.4, 0.5) is 5.69 Å². The van der Waals surface area contributed by atoms with Crippen molar-refractivity contribution in [1.82, 2.24) is 0 Å². The van der Waals surface area contributed by atoms with Crippen molar-refractivity contribution in [2.75, 3.05) is 11.9 Å². The van der Waals surface area contributed by atoms with Gasteiger partial charge >= 0.3 is 0 Å². The normalized spacial score (nSPS) is 17.2. The molecule has 2 rings (SSSR count). The van der Waals surface area contributed by atoms with Gasteiger partial charge in [0.05, 0.1) is 6.54 Å². The summed E-state index contributed by atoms with van der Waals surface area (Å²) in [5, 5.41) is 4.04. The number of nitrogens with zero attached hydrogens (tertiary/aromatic N) is 2. The van der Waals surface area contributed by atoms with Crippen LogP contribution in [0.25, 0.3) is 0 Å². The fraction of sp³-hybridized carbons (Fsp3) is 0.375. The number of benzodiazepines with no additional fused rings is 1. The summed E-state index contributed by atoms with van der Waals surface area (Å²) < 4.78 is 0. The third kappa shape index (κ3) is 3.61. The molecule has 1 aromatic carbocycles. The van der Waals surface area contributed by atoms with Crippen LogP contribution in [0.15, 0.2) is 28.2 Å². The lowest BCUT2D eigenvalue weighted by Gasteiger charge is -2.10. The second-order valence-corrected chi connectivity index (χ2v) is 5.08. The Morgan fingerprint density at radius 2 is 2.30 bits per heavy atom. The average Bonchev–Trinajstić information content (AvgIpc) is 2.57. The summed E-state index contributed by atoms with van der Waals surface area (Å²) in [6, 6.07) is 5.72. The molecule has 104 valence electrons. The molecule has 1 atom stereocenters. The zero-order valence-corrected chi connectivity index (χ0v) is 12.8. The Hall–Kier alpha value is -1.79. The Labute approximate surface area is 125 Å². The van der Waals surface area contributed by atoms with Crippen LogP contribution < -0.4 is 5.32 Å². The number of hydrogen-bond donors (Lipinski definition) is 1. The largest absolute Gasteiger partial charge is 0.342 e. The van der Waals surface area contributed by atoms with Crippen LogP contribution in [0.3, 0.4) is 0 Å². The molecule has 0 fully saturated rings. The Bertz CT molecular complexity index is 620. The maximum absolute atomic E-state index is 6.04. The quantitative estimate of drug-likeness (QED) is 0.784. The molecule has 1 aromatic rings. The fourth-order valence-electron chi connectivity index (χ4n) is 1.99. The van der Waals surface area contributed by atoms with Crippen molar-refractivity contribution < 1.29 is 0 Å². The topological polar surface area (TPSA) is 36.8 Å². The molecule has 0 bridgehead atoms. The van der Waals surface area contributed by atoms with Crippen molar-refractivity contribution in [3.8, 4) is 11.8 Å². The lowest BCUT2D eigenvalue weighted by atomic mass is 10.1. The van der Waals surface area contributed by atoms with Gasteiger partial charge in [-0.1, -0.05) is 24.4 Å². The number of amidine groups is 1. The fourth-order valence-corrected chi connectivity index (χ4v) is 2.16. The van der Waals surface area contributed by atoms with Crippen molar-refractivity contribution in [3.63, 3.8) is 0 Å². The van der Waals surface area contributed by atoms with Crippen LogP contribution in [0.2, 0.25) is 5.02 Å². The highest BCUT2D eigenvalue weighted by molar-refractivity contribution is 6.31. The summed E-state index contributed by atoms with van der Waals surface area (Å²) >= 11 is 6.04. The van der Waals surface area contributed by atoms with Crippen LogP contribution >= 0.6 is 11.6 Å².